The molecule has 5 heteroatoms. The summed E-state index contributed by atoms with van der Waals surface area (Å²) in [6.45, 7) is 3.22. The van der Waals surface area contributed by atoms with Crippen molar-refractivity contribution in [1.29, 1.82) is 0 Å². The third-order valence-corrected chi connectivity index (χ3v) is 4.51. The largest absolute Gasteiger partial charge is 0.298 e. The van der Waals surface area contributed by atoms with E-state index < -0.39 is 0 Å². The Kier molecular flexibility index (Phi) is 3.43. The van der Waals surface area contributed by atoms with Gasteiger partial charge < -0.3 is 0 Å². The Hall–Kier alpha value is -1.75. The highest BCUT2D eigenvalue weighted by molar-refractivity contribution is 5.11. The molecule has 110 valence electrons. The smallest absolute Gasteiger partial charge is 0.155 e. The van der Waals surface area contributed by atoms with Gasteiger partial charge in [-0.25, -0.2) is 4.98 Å². The lowest BCUT2D eigenvalue weighted by Crippen LogP contribution is -2.34. The minimum Gasteiger partial charge on any atom is -0.298 e. The molecule has 1 atom stereocenters. The van der Waals surface area contributed by atoms with Crippen LogP contribution in [0.15, 0.2) is 24.5 Å². The van der Waals surface area contributed by atoms with Crippen molar-refractivity contribution in [3.8, 4) is 0 Å². The van der Waals surface area contributed by atoms with Gasteiger partial charge in [-0.15, -0.1) is 0 Å². The number of piperidine rings is 1. The summed E-state index contributed by atoms with van der Waals surface area (Å²) in [4.78, 5) is 11.3. The van der Waals surface area contributed by atoms with Crippen molar-refractivity contribution in [1.82, 2.24) is 25.1 Å². The number of hydrogen-bond donors (Lipinski definition) is 1. The highest BCUT2D eigenvalue weighted by atomic mass is 15.2. The highest BCUT2D eigenvalue weighted by Crippen LogP contribution is 2.38. The van der Waals surface area contributed by atoms with Crippen LogP contribution in [0, 0.1) is 0 Å². The molecule has 0 bridgehead atoms. The van der Waals surface area contributed by atoms with E-state index in [1.807, 2.05) is 12.4 Å². The van der Waals surface area contributed by atoms with Gasteiger partial charge in [-0.3, -0.25) is 15.0 Å². The van der Waals surface area contributed by atoms with Crippen molar-refractivity contribution in [3.63, 3.8) is 0 Å². The summed E-state index contributed by atoms with van der Waals surface area (Å²) < 4.78 is 0. The molecule has 1 N–H and O–H groups in total. The Morgan fingerprint density at radius 2 is 2.00 bits per heavy atom. The first-order valence-electron chi connectivity index (χ1n) is 7.92. The molecule has 1 aliphatic heterocycles. The normalized spacial score (nSPS) is 23.3. The SMILES string of the molecule is c1cc(CN2CCCC(c3n[nH]c(C4CC4)n3)C2)ccn1. The van der Waals surface area contributed by atoms with Gasteiger partial charge in [-0.1, -0.05) is 0 Å². The van der Waals surface area contributed by atoms with Crippen molar-refractivity contribution in [2.75, 3.05) is 13.1 Å². The lowest BCUT2D eigenvalue weighted by molar-refractivity contribution is 0.196. The fraction of sp³-hybridized carbons (Fsp3) is 0.562. The summed E-state index contributed by atoms with van der Waals surface area (Å²) >= 11 is 0. The first kappa shape index (κ1) is 13.0. The molecule has 1 unspecified atom stereocenters. The van der Waals surface area contributed by atoms with Crippen molar-refractivity contribution < 1.29 is 0 Å². The van der Waals surface area contributed by atoms with E-state index in [0.717, 1.165) is 24.7 Å². The zero-order valence-corrected chi connectivity index (χ0v) is 12.2. The molecule has 1 saturated carbocycles. The molecule has 1 aliphatic carbocycles. The standard InChI is InChI=1S/C16H21N5/c1-2-14(16-18-15(19-20-16)13-3-4-13)11-21(9-1)10-12-5-7-17-8-6-12/h5-8,13-14H,1-4,9-11H2,(H,18,19,20). The maximum atomic E-state index is 4.73. The number of aromatic nitrogens is 4. The second-order valence-corrected chi connectivity index (χ2v) is 6.28. The predicted molar refractivity (Wildman–Crippen MR) is 79.8 cm³/mol. The molecule has 2 aromatic rings. The molecule has 4 rings (SSSR count). The third kappa shape index (κ3) is 2.97. The maximum absolute atomic E-state index is 4.73. The molecule has 0 radical (unpaired) electrons. The molecule has 5 nitrogen and oxygen atoms in total. The summed E-state index contributed by atoms with van der Waals surface area (Å²) in [5, 5.41) is 7.61. The van der Waals surface area contributed by atoms with Crippen LogP contribution >= 0.6 is 0 Å². The Balaban J connectivity index is 1.42. The summed E-state index contributed by atoms with van der Waals surface area (Å²) in [6, 6.07) is 4.20. The molecular formula is C16H21N5. The van der Waals surface area contributed by atoms with Crippen molar-refractivity contribution >= 4 is 0 Å². The third-order valence-electron chi connectivity index (χ3n) is 4.51. The quantitative estimate of drug-likeness (QED) is 0.936. The summed E-state index contributed by atoms with van der Waals surface area (Å²) in [6.07, 6.45) is 8.71. The van der Waals surface area contributed by atoms with E-state index in [4.69, 9.17) is 4.98 Å². The minimum absolute atomic E-state index is 0.476. The van der Waals surface area contributed by atoms with Crippen molar-refractivity contribution in [3.05, 3.63) is 41.7 Å². The number of H-pyrrole nitrogens is 1. The Bertz CT molecular complexity index is 590. The van der Waals surface area contributed by atoms with E-state index in [-0.39, 0.29) is 0 Å². The van der Waals surface area contributed by atoms with Crippen LogP contribution in [0.25, 0.3) is 0 Å². The van der Waals surface area contributed by atoms with Crippen LogP contribution in [-0.4, -0.2) is 38.2 Å². The Labute approximate surface area is 124 Å². The van der Waals surface area contributed by atoms with Gasteiger partial charge in [0.2, 0.25) is 0 Å². The fourth-order valence-corrected chi connectivity index (χ4v) is 3.17. The van der Waals surface area contributed by atoms with Crippen LogP contribution in [0.3, 0.4) is 0 Å². The van der Waals surface area contributed by atoms with Crippen molar-refractivity contribution in [2.45, 2.75) is 44.1 Å². The van der Waals surface area contributed by atoms with Crippen LogP contribution < -0.4 is 0 Å². The molecule has 1 saturated heterocycles. The van der Waals surface area contributed by atoms with E-state index in [2.05, 4.69) is 32.2 Å². The van der Waals surface area contributed by atoms with E-state index in [0.29, 0.717) is 11.8 Å². The molecule has 21 heavy (non-hydrogen) atoms. The van der Waals surface area contributed by atoms with Crippen LogP contribution in [0.5, 0.6) is 0 Å². The molecule has 2 aliphatic rings. The number of hydrogen-bond acceptors (Lipinski definition) is 4. The van der Waals surface area contributed by atoms with Gasteiger partial charge in [0, 0.05) is 37.3 Å². The van der Waals surface area contributed by atoms with Gasteiger partial charge in [0.1, 0.15) is 5.82 Å². The number of pyridine rings is 1. The molecule has 2 fully saturated rings. The van der Waals surface area contributed by atoms with E-state index in [1.54, 1.807) is 0 Å². The molecule has 0 amide bonds. The van der Waals surface area contributed by atoms with Crippen LogP contribution in [0.1, 0.15) is 54.7 Å². The number of rotatable bonds is 4. The molecule has 0 aromatic carbocycles. The molecule has 2 aromatic heterocycles. The minimum atomic E-state index is 0.476. The zero-order valence-electron chi connectivity index (χ0n) is 12.2. The number of nitrogens with one attached hydrogen (secondary N) is 1. The Morgan fingerprint density at radius 1 is 1.14 bits per heavy atom. The predicted octanol–water partition coefficient (Wildman–Crippen LogP) is 2.46. The van der Waals surface area contributed by atoms with Crippen LogP contribution in [0.2, 0.25) is 0 Å². The molecular weight excluding hydrogens is 262 g/mol. The lowest BCUT2D eigenvalue weighted by Gasteiger charge is -2.31. The first-order chi connectivity index (χ1) is 10.4. The van der Waals surface area contributed by atoms with E-state index in [1.165, 1.54) is 37.8 Å². The monoisotopic (exact) mass is 283 g/mol. The van der Waals surface area contributed by atoms with Crippen LogP contribution in [-0.2, 0) is 6.54 Å². The van der Waals surface area contributed by atoms with Gasteiger partial charge in [0.25, 0.3) is 0 Å². The summed E-state index contributed by atoms with van der Waals surface area (Å²) in [7, 11) is 0. The van der Waals surface area contributed by atoms with Crippen molar-refractivity contribution in [2.24, 2.45) is 0 Å². The average molecular weight is 283 g/mol. The summed E-state index contributed by atoms with van der Waals surface area (Å²) in [5.74, 6) is 3.26. The lowest BCUT2D eigenvalue weighted by atomic mass is 9.97. The fourth-order valence-electron chi connectivity index (χ4n) is 3.17. The number of likely N-dealkylation sites (tertiary alicyclic amines) is 1. The zero-order chi connectivity index (χ0) is 14.1. The van der Waals surface area contributed by atoms with Gasteiger partial charge in [0.15, 0.2) is 5.82 Å². The maximum Gasteiger partial charge on any atom is 0.155 e. The summed E-state index contributed by atoms with van der Waals surface area (Å²) in [5.41, 5.74) is 1.33. The van der Waals surface area contributed by atoms with E-state index in [9.17, 15) is 0 Å². The van der Waals surface area contributed by atoms with E-state index >= 15 is 0 Å². The molecule has 0 spiro atoms. The number of nitrogens with zero attached hydrogens (tertiary/aromatic N) is 4. The second-order valence-electron chi connectivity index (χ2n) is 6.28. The van der Waals surface area contributed by atoms with Gasteiger partial charge in [-0.05, 0) is 49.9 Å². The number of aromatic amines is 1. The highest BCUT2D eigenvalue weighted by Gasteiger charge is 2.30. The second kappa shape index (κ2) is 5.56. The average Bonchev–Trinajstić information content (AvgIpc) is 3.26. The van der Waals surface area contributed by atoms with Crippen LogP contribution in [0.4, 0.5) is 0 Å². The van der Waals surface area contributed by atoms with Gasteiger partial charge in [-0.2, -0.15) is 5.10 Å². The first-order valence-corrected chi connectivity index (χ1v) is 7.92. The topological polar surface area (TPSA) is 57.7 Å². The van der Waals surface area contributed by atoms with Gasteiger partial charge >= 0.3 is 0 Å². The Morgan fingerprint density at radius 3 is 2.81 bits per heavy atom. The molecule has 3 heterocycles. The van der Waals surface area contributed by atoms with Gasteiger partial charge in [0.05, 0.1) is 0 Å².